The number of halogens is 4. The van der Waals surface area contributed by atoms with Crippen LogP contribution in [-0.2, 0) is 6.18 Å². The molecule has 0 aliphatic rings. The van der Waals surface area contributed by atoms with E-state index in [2.05, 4.69) is 35.6 Å². The van der Waals surface area contributed by atoms with Gasteiger partial charge in [0, 0.05) is 24.1 Å². The fourth-order valence-electron chi connectivity index (χ4n) is 2.25. The highest BCUT2D eigenvalue weighted by atomic mass is 19.4. The van der Waals surface area contributed by atoms with Crippen molar-refractivity contribution in [2.45, 2.75) is 32.5 Å². The van der Waals surface area contributed by atoms with E-state index in [1.165, 1.54) is 20.8 Å². The van der Waals surface area contributed by atoms with E-state index in [9.17, 15) is 22.7 Å². The molecule has 0 saturated carbocycles. The van der Waals surface area contributed by atoms with Gasteiger partial charge in [0.25, 0.3) is 0 Å². The lowest BCUT2D eigenvalue weighted by Crippen LogP contribution is -2.30. The summed E-state index contributed by atoms with van der Waals surface area (Å²) in [5, 5.41) is 15.2. The largest absolute Gasteiger partial charge is 0.433 e. The molecule has 0 amide bonds. The monoisotopic (exact) mass is 440 g/mol. The Labute approximate surface area is 179 Å². The number of nitrogens with zero attached hydrogens (tertiary/aromatic N) is 5. The lowest BCUT2D eigenvalue weighted by atomic mass is 10.1. The van der Waals surface area contributed by atoms with Gasteiger partial charge in [-0.25, -0.2) is 9.37 Å². The molecular weight excluding hydrogens is 418 g/mol. The smallest absolute Gasteiger partial charge is 0.389 e. The second kappa shape index (κ2) is 8.38. The number of hydrogen-bond donors (Lipinski definition) is 3. The first-order valence-corrected chi connectivity index (χ1v) is 8.83. The molecule has 0 atom stereocenters. The summed E-state index contributed by atoms with van der Waals surface area (Å²) >= 11 is 0. The van der Waals surface area contributed by atoms with Gasteiger partial charge in [-0.05, 0) is 45.0 Å². The van der Waals surface area contributed by atoms with Gasteiger partial charge in [0.15, 0.2) is 11.6 Å². The van der Waals surface area contributed by atoms with Gasteiger partial charge in [-0.2, -0.15) is 28.1 Å². The molecule has 164 valence electrons. The fourth-order valence-corrected chi connectivity index (χ4v) is 2.25. The number of nitrogens with one attached hydrogen (secondary N) is 2. The number of aryl methyl sites for hydroxylation is 1. The maximum Gasteiger partial charge on any atom is 0.433 e. The molecule has 0 spiro atoms. The number of pyridine rings is 2. The highest BCUT2D eigenvalue weighted by molar-refractivity contribution is 5.59. The number of alkyl halides is 3. The van der Waals surface area contributed by atoms with E-state index >= 15 is 0 Å². The van der Waals surface area contributed by atoms with Gasteiger partial charge in [-0.15, -0.1) is 0 Å². The Morgan fingerprint density at radius 1 is 1.10 bits per heavy atom. The van der Waals surface area contributed by atoms with Gasteiger partial charge in [0.2, 0.25) is 11.9 Å². The van der Waals surface area contributed by atoms with E-state index in [0.717, 1.165) is 0 Å². The Kier molecular flexibility index (Phi) is 4.96. The van der Waals surface area contributed by atoms with Crippen molar-refractivity contribution in [3.05, 3.63) is 47.6 Å². The first-order chi connectivity index (χ1) is 15.7. The Hall–Kier alpha value is -3.41. The van der Waals surface area contributed by atoms with Crippen LogP contribution < -0.4 is 10.6 Å². The SMILES string of the molecule is [2H]c1nc(C)c([2H])c(Nc2nc(NCC(C)(C)O)nc(-c3nc(C(F)(F)F)ccc3F)n2)c1[2H]. The fraction of sp³-hybridized carbons (Fsp3) is 0.316. The van der Waals surface area contributed by atoms with Crippen molar-refractivity contribution in [3.8, 4) is 11.5 Å². The zero-order valence-corrected chi connectivity index (χ0v) is 16.6. The highest BCUT2D eigenvalue weighted by Gasteiger charge is 2.33. The van der Waals surface area contributed by atoms with Crippen LogP contribution in [0.5, 0.6) is 0 Å². The van der Waals surface area contributed by atoms with Crippen molar-refractivity contribution in [3.63, 3.8) is 0 Å². The molecule has 0 fully saturated rings. The molecule has 0 bridgehead atoms. The number of anilines is 3. The lowest BCUT2D eigenvalue weighted by molar-refractivity contribution is -0.141. The topological polar surface area (TPSA) is 109 Å². The zero-order valence-electron chi connectivity index (χ0n) is 19.6. The van der Waals surface area contributed by atoms with Gasteiger partial charge in [-0.3, -0.25) is 4.98 Å². The van der Waals surface area contributed by atoms with Crippen LogP contribution in [0.1, 0.15) is 29.3 Å². The minimum Gasteiger partial charge on any atom is -0.389 e. The molecule has 3 N–H and O–H groups in total. The summed E-state index contributed by atoms with van der Waals surface area (Å²) in [6.45, 7) is 4.31. The molecule has 0 unspecified atom stereocenters. The summed E-state index contributed by atoms with van der Waals surface area (Å²) in [4.78, 5) is 18.9. The predicted molar refractivity (Wildman–Crippen MR) is 105 cm³/mol. The van der Waals surface area contributed by atoms with Gasteiger partial charge in [0.05, 0.1) is 9.71 Å². The van der Waals surface area contributed by atoms with E-state index in [1.54, 1.807) is 0 Å². The maximum atomic E-state index is 14.4. The Balaban J connectivity index is 2.15. The molecule has 0 radical (unpaired) electrons. The van der Waals surface area contributed by atoms with Crippen LogP contribution in [0.15, 0.2) is 30.4 Å². The molecule has 12 heteroatoms. The lowest BCUT2D eigenvalue weighted by Gasteiger charge is -2.18. The molecular formula is C19H19F4N7O. The van der Waals surface area contributed by atoms with Crippen LogP contribution >= 0.6 is 0 Å². The zero-order chi connectivity index (χ0) is 25.4. The van der Waals surface area contributed by atoms with Crippen molar-refractivity contribution in [1.29, 1.82) is 0 Å². The molecule has 3 heterocycles. The van der Waals surface area contributed by atoms with Crippen LogP contribution in [-0.4, -0.2) is 42.2 Å². The van der Waals surface area contributed by atoms with Crippen LogP contribution in [0.2, 0.25) is 0 Å². The van der Waals surface area contributed by atoms with Crippen molar-refractivity contribution in [2.75, 3.05) is 17.2 Å². The Morgan fingerprint density at radius 2 is 1.81 bits per heavy atom. The van der Waals surface area contributed by atoms with E-state index in [0.29, 0.717) is 12.1 Å². The number of aromatic nitrogens is 5. The molecule has 0 saturated heterocycles. The van der Waals surface area contributed by atoms with Crippen LogP contribution in [0.25, 0.3) is 11.5 Å². The quantitative estimate of drug-likeness (QED) is 0.498. The molecule has 8 nitrogen and oxygen atoms in total. The standard InChI is InChI=1S/C19H19F4N7O/c1-10-8-11(6-7-24-10)26-17-29-15(28-16(30-17)25-9-18(2,3)31)14-12(20)4-5-13(27-14)19(21,22)23/h4-8,31H,9H2,1-3H3,(H2,24,25,26,28,29,30)/i6D,7D,8D. The summed E-state index contributed by atoms with van der Waals surface area (Å²) in [6, 6.07) is 0.360. The van der Waals surface area contributed by atoms with Gasteiger partial charge >= 0.3 is 6.18 Å². The van der Waals surface area contributed by atoms with Crippen LogP contribution in [0, 0.1) is 12.7 Å². The Morgan fingerprint density at radius 3 is 2.48 bits per heavy atom. The predicted octanol–water partition coefficient (Wildman–Crippen LogP) is 3.72. The molecule has 3 rings (SSSR count). The first kappa shape index (κ1) is 18.4. The second-order valence-corrected chi connectivity index (χ2v) is 7.06. The summed E-state index contributed by atoms with van der Waals surface area (Å²) in [6.07, 6.45) is -5.28. The maximum absolute atomic E-state index is 14.4. The normalized spacial score (nSPS) is 13.4. The van der Waals surface area contributed by atoms with Crippen LogP contribution in [0.3, 0.4) is 0 Å². The third-order valence-corrected chi connectivity index (χ3v) is 3.61. The van der Waals surface area contributed by atoms with Crippen LogP contribution in [0.4, 0.5) is 35.1 Å². The van der Waals surface area contributed by atoms with E-state index in [1.807, 2.05) is 0 Å². The van der Waals surface area contributed by atoms with E-state index < -0.39 is 47.0 Å². The average Bonchev–Trinajstić information content (AvgIpc) is 2.73. The number of rotatable bonds is 6. The van der Waals surface area contributed by atoms with Crippen molar-refractivity contribution >= 4 is 17.6 Å². The minimum atomic E-state index is -4.85. The van der Waals surface area contributed by atoms with Crippen molar-refractivity contribution < 1.29 is 26.8 Å². The van der Waals surface area contributed by atoms with Crippen molar-refractivity contribution in [2.24, 2.45) is 0 Å². The molecule has 3 aromatic heterocycles. The molecule has 0 aliphatic carbocycles. The third kappa shape index (κ3) is 6.04. The average molecular weight is 440 g/mol. The van der Waals surface area contributed by atoms with Gasteiger partial charge < -0.3 is 15.7 Å². The summed E-state index contributed by atoms with van der Waals surface area (Å²) in [5.41, 5.74) is -3.47. The second-order valence-electron chi connectivity index (χ2n) is 7.06. The number of aliphatic hydroxyl groups is 1. The minimum absolute atomic E-state index is 0.0903. The van der Waals surface area contributed by atoms with Gasteiger partial charge in [0.1, 0.15) is 11.4 Å². The van der Waals surface area contributed by atoms with E-state index in [-0.39, 0.29) is 35.9 Å². The van der Waals surface area contributed by atoms with Gasteiger partial charge in [-0.1, -0.05) is 0 Å². The summed E-state index contributed by atoms with van der Waals surface area (Å²) in [7, 11) is 0. The molecule has 0 aromatic carbocycles. The molecule has 3 aromatic rings. The van der Waals surface area contributed by atoms with E-state index in [4.69, 9.17) is 4.11 Å². The highest BCUT2D eigenvalue weighted by Crippen LogP contribution is 2.30. The Bertz CT molecular complexity index is 1210. The first-order valence-electron chi connectivity index (χ1n) is 10.3. The molecule has 31 heavy (non-hydrogen) atoms. The van der Waals surface area contributed by atoms with Crippen molar-refractivity contribution in [1.82, 2.24) is 24.9 Å². The summed E-state index contributed by atoms with van der Waals surface area (Å²) in [5.74, 6) is -2.32. The number of hydrogen-bond acceptors (Lipinski definition) is 8. The molecule has 0 aliphatic heterocycles. The third-order valence-electron chi connectivity index (χ3n) is 3.61. The summed E-state index contributed by atoms with van der Waals surface area (Å²) < 4.78 is 77.7.